The van der Waals surface area contributed by atoms with E-state index in [2.05, 4.69) is 26.1 Å². The molecule has 1 amide bonds. The summed E-state index contributed by atoms with van der Waals surface area (Å²) in [7, 11) is 0. The molecular formula is C18H26ClNO. The van der Waals surface area contributed by atoms with Crippen molar-refractivity contribution in [2.24, 2.45) is 5.92 Å². The summed E-state index contributed by atoms with van der Waals surface area (Å²) in [6, 6.07) is 7.94. The van der Waals surface area contributed by atoms with Gasteiger partial charge in [-0.15, -0.1) is 11.6 Å². The Morgan fingerprint density at radius 2 is 1.71 bits per heavy atom. The van der Waals surface area contributed by atoms with E-state index in [1.54, 1.807) is 0 Å². The Kier molecular flexibility index (Phi) is 5.32. The van der Waals surface area contributed by atoms with Gasteiger partial charge in [0.2, 0.25) is 0 Å². The zero-order valence-corrected chi connectivity index (χ0v) is 14.0. The van der Waals surface area contributed by atoms with Crippen LogP contribution >= 0.6 is 11.6 Å². The van der Waals surface area contributed by atoms with Gasteiger partial charge in [0, 0.05) is 17.5 Å². The fourth-order valence-corrected chi connectivity index (χ4v) is 3.04. The summed E-state index contributed by atoms with van der Waals surface area (Å²) in [5.74, 6) is 0.612. The van der Waals surface area contributed by atoms with Crippen molar-refractivity contribution in [1.82, 2.24) is 5.32 Å². The minimum Gasteiger partial charge on any atom is -0.352 e. The van der Waals surface area contributed by atoms with E-state index in [4.69, 9.17) is 11.6 Å². The van der Waals surface area contributed by atoms with E-state index in [0.717, 1.165) is 37.8 Å². The molecule has 0 aliphatic heterocycles. The highest BCUT2D eigenvalue weighted by Crippen LogP contribution is 2.27. The predicted octanol–water partition coefficient (Wildman–Crippen LogP) is 4.51. The number of rotatable bonds is 3. The number of nitrogens with one attached hydrogen (secondary N) is 1. The Balaban J connectivity index is 1.86. The SMILES string of the molecule is CC(C)(C)c1ccc(C(=O)NCC2CCC(Cl)CC2)cc1. The summed E-state index contributed by atoms with van der Waals surface area (Å²) in [5, 5.41) is 3.39. The summed E-state index contributed by atoms with van der Waals surface area (Å²) >= 11 is 6.10. The average molecular weight is 308 g/mol. The topological polar surface area (TPSA) is 29.1 Å². The van der Waals surface area contributed by atoms with Crippen molar-refractivity contribution < 1.29 is 4.79 Å². The van der Waals surface area contributed by atoms with Gasteiger partial charge in [-0.1, -0.05) is 32.9 Å². The van der Waals surface area contributed by atoms with Crippen LogP contribution < -0.4 is 5.32 Å². The van der Waals surface area contributed by atoms with Gasteiger partial charge in [0.1, 0.15) is 0 Å². The van der Waals surface area contributed by atoms with E-state index in [0.29, 0.717) is 11.3 Å². The Labute approximate surface area is 133 Å². The lowest BCUT2D eigenvalue weighted by atomic mass is 9.86. The predicted molar refractivity (Wildman–Crippen MR) is 89.1 cm³/mol. The zero-order valence-electron chi connectivity index (χ0n) is 13.3. The van der Waals surface area contributed by atoms with Crippen LogP contribution in [0.1, 0.15) is 62.4 Å². The van der Waals surface area contributed by atoms with Gasteiger partial charge in [-0.25, -0.2) is 0 Å². The van der Waals surface area contributed by atoms with Crippen LogP contribution in [0.5, 0.6) is 0 Å². The van der Waals surface area contributed by atoms with Crippen molar-refractivity contribution in [3.63, 3.8) is 0 Å². The number of halogens is 1. The molecule has 0 heterocycles. The lowest BCUT2D eigenvalue weighted by molar-refractivity contribution is 0.0943. The first-order valence-electron chi connectivity index (χ1n) is 7.89. The van der Waals surface area contributed by atoms with Crippen molar-refractivity contribution in [2.45, 2.75) is 57.2 Å². The third kappa shape index (κ3) is 4.74. The maximum Gasteiger partial charge on any atom is 0.251 e. The molecule has 1 aromatic carbocycles. The highest BCUT2D eigenvalue weighted by atomic mass is 35.5. The van der Waals surface area contributed by atoms with E-state index in [9.17, 15) is 4.79 Å². The average Bonchev–Trinajstić information content (AvgIpc) is 2.45. The molecule has 0 spiro atoms. The molecule has 0 atom stereocenters. The summed E-state index contributed by atoms with van der Waals surface area (Å²) in [5.41, 5.74) is 2.11. The summed E-state index contributed by atoms with van der Waals surface area (Å²) < 4.78 is 0. The van der Waals surface area contributed by atoms with E-state index < -0.39 is 0 Å². The third-order valence-corrected chi connectivity index (χ3v) is 4.78. The van der Waals surface area contributed by atoms with Gasteiger partial charge >= 0.3 is 0 Å². The number of amides is 1. The van der Waals surface area contributed by atoms with Crippen LogP contribution in [-0.2, 0) is 5.41 Å². The van der Waals surface area contributed by atoms with Gasteiger partial charge < -0.3 is 5.32 Å². The number of carbonyl (C=O) groups excluding carboxylic acids is 1. The standard InChI is InChI=1S/C18H26ClNO/c1-18(2,3)15-8-6-14(7-9-15)17(21)20-12-13-4-10-16(19)11-5-13/h6-9,13,16H,4-5,10-12H2,1-3H3,(H,20,21). The second-order valence-electron chi connectivity index (χ2n) is 7.16. The summed E-state index contributed by atoms with van der Waals surface area (Å²) in [4.78, 5) is 12.2. The molecule has 0 unspecified atom stereocenters. The maximum absolute atomic E-state index is 12.2. The molecule has 1 aliphatic rings. The van der Waals surface area contributed by atoms with Crippen molar-refractivity contribution in [3.8, 4) is 0 Å². The van der Waals surface area contributed by atoms with Gasteiger partial charge in [-0.3, -0.25) is 4.79 Å². The van der Waals surface area contributed by atoms with Gasteiger partial charge in [-0.2, -0.15) is 0 Å². The number of benzene rings is 1. The molecule has 116 valence electrons. The molecule has 2 nitrogen and oxygen atoms in total. The van der Waals surface area contributed by atoms with Crippen molar-refractivity contribution in [2.75, 3.05) is 6.54 Å². The molecule has 21 heavy (non-hydrogen) atoms. The fourth-order valence-electron chi connectivity index (χ4n) is 2.79. The van der Waals surface area contributed by atoms with Crippen molar-refractivity contribution >= 4 is 17.5 Å². The first kappa shape index (κ1) is 16.4. The summed E-state index contributed by atoms with van der Waals surface area (Å²) in [6.45, 7) is 7.29. The molecule has 0 saturated heterocycles. The molecule has 1 aromatic rings. The van der Waals surface area contributed by atoms with E-state index in [-0.39, 0.29) is 11.3 Å². The molecule has 2 rings (SSSR count). The normalized spacial score (nSPS) is 22.9. The molecular weight excluding hydrogens is 282 g/mol. The van der Waals surface area contributed by atoms with Crippen molar-refractivity contribution in [3.05, 3.63) is 35.4 Å². The quantitative estimate of drug-likeness (QED) is 0.818. The summed E-state index contributed by atoms with van der Waals surface area (Å²) in [6.07, 6.45) is 4.39. The minimum absolute atomic E-state index is 0.0310. The minimum atomic E-state index is 0.0310. The van der Waals surface area contributed by atoms with Crippen LogP contribution in [0, 0.1) is 5.92 Å². The van der Waals surface area contributed by atoms with Crippen LogP contribution in [0.3, 0.4) is 0 Å². The van der Waals surface area contributed by atoms with Crippen LogP contribution in [0.15, 0.2) is 24.3 Å². The Hall–Kier alpha value is -1.02. The largest absolute Gasteiger partial charge is 0.352 e. The molecule has 0 bridgehead atoms. The van der Waals surface area contributed by atoms with Crippen LogP contribution in [0.4, 0.5) is 0 Å². The van der Waals surface area contributed by atoms with Gasteiger partial charge in [0.05, 0.1) is 0 Å². The highest BCUT2D eigenvalue weighted by molar-refractivity contribution is 6.20. The first-order valence-corrected chi connectivity index (χ1v) is 8.32. The van der Waals surface area contributed by atoms with Gasteiger partial charge in [0.15, 0.2) is 0 Å². The maximum atomic E-state index is 12.2. The fraction of sp³-hybridized carbons (Fsp3) is 0.611. The zero-order chi connectivity index (χ0) is 15.5. The molecule has 0 aromatic heterocycles. The second kappa shape index (κ2) is 6.83. The monoisotopic (exact) mass is 307 g/mol. The Bertz CT molecular complexity index is 467. The van der Waals surface area contributed by atoms with Crippen LogP contribution in [-0.4, -0.2) is 17.8 Å². The second-order valence-corrected chi connectivity index (χ2v) is 7.77. The lowest BCUT2D eigenvalue weighted by Gasteiger charge is -2.25. The third-order valence-electron chi connectivity index (χ3n) is 4.34. The molecule has 1 fully saturated rings. The molecule has 1 aliphatic carbocycles. The van der Waals surface area contributed by atoms with E-state index in [1.807, 2.05) is 24.3 Å². The van der Waals surface area contributed by atoms with Crippen molar-refractivity contribution in [1.29, 1.82) is 0 Å². The smallest absolute Gasteiger partial charge is 0.251 e. The number of hydrogen-bond donors (Lipinski definition) is 1. The molecule has 1 N–H and O–H groups in total. The van der Waals surface area contributed by atoms with Crippen LogP contribution in [0.2, 0.25) is 0 Å². The molecule has 0 radical (unpaired) electrons. The van der Waals surface area contributed by atoms with Gasteiger partial charge in [0.25, 0.3) is 5.91 Å². The van der Waals surface area contributed by atoms with E-state index in [1.165, 1.54) is 5.56 Å². The number of carbonyl (C=O) groups is 1. The van der Waals surface area contributed by atoms with Gasteiger partial charge in [-0.05, 0) is 54.7 Å². The van der Waals surface area contributed by atoms with E-state index >= 15 is 0 Å². The molecule has 3 heteroatoms. The first-order chi connectivity index (χ1) is 9.86. The lowest BCUT2D eigenvalue weighted by Crippen LogP contribution is -2.31. The number of alkyl halides is 1. The Morgan fingerprint density at radius 3 is 2.24 bits per heavy atom. The molecule has 1 saturated carbocycles. The number of hydrogen-bond acceptors (Lipinski definition) is 1. The Morgan fingerprint density at radius 1 is 1.14 bits per heavy atom. The highest BCUT2D eigenvalue weighted by Gasteiger charge is 2.20. The van der Waals surface area contributed by atoms with Crippen LogP contribution in [0.25, 0.3) is 0 Å².